The van der Waals surface area contributed by atoms with Crippen LogP contribution in [-0.2, 0) is 4.79 Å². The van der Waals surface area contributed by atoms with E-state index in [9.17, 15) is 9.90 Å². The Morgan fingerprint density at radius 1 is 1.43 bits per heavy atom. The van der Waals surface area contributed by atoms with Gasteiger partial charge in [0, 0.05) is 0 Å². The Hall–Kier alpha value is -1.62. The SMILES string of the molecule is O=C1NC(=S)NC1c1cccc(O)c1. The van der Waals surface area contributed by atoms with E-state index in [1.54, 1.807) is 18.2 Å². The maximum Gasteiger partial charge on any atom is 0.253 e. The van der Waals surface area contributed by atoms with Gasteiger partial charge < -0.3 is 15.7 Å². The summed E-state index contributed by atoms with van der Waals surface area (Å²) in [5.74, 6) is -0.0597. The van der Waals surface area contributed by atoms with Gasteiger partial charge in [0.25, 0.3) is 5.91 Å². The average molecular weight is 208 g/mol. The van der Waals surface area contributed by atoms with Crippen molar-refractivity contribution in [2.45, 2.75) is 6.04 Å². The number of phenolic OH excluding ortho intramolecular Hbond substituents is 1. The number of phenols is 1. The molecule has 14 heavy (non-hydrogen) atoms. The fourth-order valence-corrected chi connectivity index (χ4v) is 1.57. The van der Waals surface area contributed by atoms with Crippen LogP contribution < -0.4 is 10.6 Å². The third kappa shape index (κ3) is 1.54. The summed E-state index contributed by atoms with van der Waals surface area (Å²) in [6.45, 7) is 0. The summed E-state index contributed by atoms with van der Waals surface area (Å²) < 4.78 is 0. The molecule has 2 rings (SSSR count). The zero-order chi connectivity index (χ0) is 10.1. The first-order valence-electron chi connectivity index (χ1n) is 4.07. The van der Waals surface area contributed by atoms with Crippen molar-refractivity contribution in [3.63, 3.8) is 0 Å². The summed E-state index contributed by atoms with van der Waals surface area (Å²) in [5, 5.41) is 14.8. The van der Waals surface area contributed by atoms with Crippen LogP contribution >= 0.6 is 12.2 Å². The van der Waals surface area contributed by atoms with Gasteiger partial charge in [-0.3, -0.25) is 4.79 Å². The van der Waals surface area contributed by atoms with Crippen LogP contribution in [0.4, 0.5) is 0 Å². The number of hydrogen-bond acceptors (Lipinski definition) is 3. The predicted molar refractivity (Wildman–Crippen MR) is 54.7 cm³/mol. The van der Waals surface area contributed by atoms with E-state index in [1.165, 1.54) is 6.07 Å². The highest BCUT2D eigenvalue weighted by Crippen LogP contribution is 2.20. The Morgan fingerprint density at radius 3 is 2.79 bits per heavy atom. The lowest BCUT2D eigenvalue weighted by atomic mass is 10.1. The highest BCUT2D eigenvalue weighted by molar-refractivity contribution is 7.80. The summed E-state index contributed by atoms with van der Waals surface area (Å²) >= 11 is 4.80. The lowest BCUT2D eigenvalue weighted by Gasteiger charge is -2.07. The zero-order valence-corrected chi connectivity index (χ0v) is 7.97. The van der Waals surface area contributed by atoms with Crippen molar-refractivity contribution in [3.05, 3.63) is 29.8 Å². The number of aromatic hydroxyl groups is 1. The first kappa shape index (κ1) is 8.96. The largest absolute Gasteiger partial charge is 0.508 e. The van der Waals surface area contributed by atoms with E-state index in [1.807, 2.05) is 0 Å². The summed E-state index contributed by atoms with van der Waals surface area (Å²) in [4.78, 5) is 11.4. The Balaban J connectivity index is 2.31. The Kier molecular flexibility index (Phi) is 2.09. The van der Waals surface area contributed by atoms with Crippen LogP contribution in [0.2, 0.25) is 0 Å². The van der Waals surface area contributed by atoms with Crippen molar-refractivity contribution >= 4 is 23.2 Å². The summed E-state index contributed by atoms with van der Waals surface area (Å²) in [6, 6.07) is 6.03. The van der Waals surface area contributed by atoms with Gasteiger partial charge in [-0.1, -0.05) is 12.1 Å². The molecule has 0 bridgehead atoms. The van der Waals surface area contributed by atoms with Crippen molar-refractivity contribution in [1.29, 1.82) is 0 Å². The molecule has 1 aliphatic heterocycles. The van der Waals surface area contributed by atoms with E-state index in [0.29, 0.717) is 10.7 Å². The molecule has 72 valence electrons. The molecule has 0 spiro atoms. The number of nitrogens with one attached hydrogen (secondary N) is 2. The Bertz CT molecular complexity index is 406. The average Bonchev–Trinajstić information content (AvgIpc) is 2.45. The highest BCUT2D eigenvalue weighted by atomic mass is 32.1. The number of amides is 1. The lowest BCUT2D eigenvalue weighted by Crippen LogP contribution is -2.21. The van der Waals surface area contributed by atoms with Gasteiger partial charge in [-0.25, -0.2) is 0 Å². The number of carbonyl (C=O) groups excluding carboxylic acids is 1. The molecule has 0 aromatic heterocycles. The first-order chi connectivity index (χ1) is 6.66. The number of thiocarbonyl (C=S) groups is 1. The van der Waals surface area contributed by atoms with Gasteiger partial charge in [-0.2, -0.15) is 0 Å². The fourth-order valence-electron chi connectivity index (χ4n) is 1.36. The molecule has 1 aliphatic rings. The van der Waals surface area contributed by atoms with Crippen molar-refractivity contribution in [1.82, 2.24) is 10.6 Å². The maximum atomic E-state index is 11.4. The molecule has 1 amide bonds. The van der Waals surface area contributed by atoms with E-state index in [0.717, 1.165) is 0 Å². The number of carbonyl (C=O) groups is 1. The maximum absolute atomic E-state index is 11.4. The van der Waals surface area contributed by atoms with E-state index in [-0.39, 0.29) is 11.7 Å². The summed E-state index contributed by atoms with van der Waals surface area (Å²) in [6.07, 6.45) is 0. The van der Waals surface area contributed by atoms with Crippen LogP contribution in [-0.4, -0.2) is 16.1 Å². The first-order valence-corrected chi connectivity index (χ1v) is 4.48. The fraction of sp³-hybridized carbons (Fsp3) is 0.111. The van der Waals surface area contributed by atoms with Crippen LogP contribution in [0.15, 0.2) is 24.3 Å². The molecule has 1 fully saturated rings. The van der Waals surface area contributed by atoms with Crippen LogP contribution in [0.25, 0.3) is 0 Å². The van der Waals surface area contributed by atoms with Gasteiger partial charge in [0.2, 0.25) is 0 Å². The van der Waals surface area contributed by atoms with E-state index >= 15 is 0 Å². The molecule has 0 saturated carbocycles. The van der Waals surface area contributed by atoms with Gasteiger partial charge in [0.1, 0.15) is 11.8 Å². The van der Waals surface area contributed by atoms with E-state index in [4.69, 9.17) is 12.2 Å². The quantitative estimate of drug-likeness (QED) is 0.586. The van der Waals surface area contributed by atoms with E-state index in [2.05, 4.69) is 10.6 Å². The molecule has 1 heterocycles. The Labute approximate surface area is 85.9 Å². The van der Waals surface area contributed by atoms with E-state index < -0.39 is 6.04 Å². The number of benzene rings is 1. The molecule has 1 saturated heterocycles. The molecule has 4 nitrogen and oxygen atoms in total. The normalized spacial score (nSPS) is 20.4. The molecule has 0 radical (unpaired) electrons. The molecule has 1 unspecified atom stereocenters. The molecular weight excluding hydrogens is 200 g/mol. The second-order valence-corrected chi connectivity index (χ2v) is 3.40. The van der Waals surface area contributed by atoms with Crippen LogP contribution in [0.5, 0.6) is 5.75 Å². The van der Waals surface area contributed by atoms with Gasteiger partial charge in [-0.15, -0.1) is 0 Å². The molecule has 3 N–H and O–H groups in total. The lowest BCUT2D eigenvalue weighted by molar-refractivity contribution is -0.120. The molecule has 1 atom stereocenters. The van der Waals surface area contributed by atoms with Crippen molar-refractivity contribution in [2.24, 2.45) is 0 Å². The van der Waals surface area contributed by atoms with Gasteiger partial charge in [-0.05, 0) is 29.9 Å². The van der Waals surface area contributed by atoms with Gasteiger partial charge in [0.05, 0.1) is 0 Å². The van der Waals surface area contributed by atoms with Gasteiger partial charge >= 0.3 is 0 Å². The highest BCUT2D eigenvalue weighted by Gasteiger charge is 2.28. The summed E-state index contributed by atoms with van der Waals surface area (Å²) in [7, 11) is 0. The smallest absolute Gasteiger partial charge is 0.253 e. The van der Waals surface area contributed by atoms with Crippen LogP contribution in [0.1, 0.15) is 11.6 Å². The van der Waals surface area contributed by atoms with Crippen LogP contribution in [0, 0.1) is 0 Å². The Morgan fingerprint density at radius 2 is 2.21 bits per heavy atom. The topological polar surface area (TPSA) is 61.4 Å². The van der Waals surface area contributed by atoms with Crippen molar-refractivity contribution < 1.29 is 9.90 Å². The second-order valence-electron chi connectivity index (χ2n) is 2.99. The second kappa shape index (κ2) is 3.26. The minimum Gasteiger partial charge on any atom is -0.508 e. The molecule has 0 aliphatic carbocycles. The third-order valence-corrected chi connectivity index (χ3v) is 2.20. The molecule has 5 heteroatoms. The van der Waals surface area contributed by atoms with Crippen molar-refractivity contribution in [3.8, 4) is 5.75 Å². The minimum absolute atomic E-state index is 0.134. The van der Waals surface area contributed by atoms with Gasteiger partial charge in [0.15, 0.2) is 5.11 Å². The molecule has 1 aromatic carbocycles. The minimum atomic E-state index is -0.491. The standard InChI is InChI=1S/C9H8N2O2S/c12-6-3-1-2-5(4-6)7-8(13)11-9(14)10-7/h1-4,7,12H,(H2,10,11,13,14). The zero-order valence-electron chi connectivity index (χ0n) is 7.15. The number of rotatable bonds is 1. The molecular formula is C9H8N2O2S. The monoisotopic (exact) mass is 208 g/mol. The third-order valence-electron chi connectivity index (χ3n) is 1.98. The van der Waals surface area contributed by atoms with Crippen molar-refractivity contribution in [2.75, 3.05) is 0 Å². The van der Waals surface area contributed by atoms with Crippen LogP contribution in [0.3, 0.4) is 0 Å². The molecule has 1 aromatic rings. The number of hydrogen-bond donors (Lipinski definition) is 3. The summed E-state index contributed by atoms with van der Waals surface area (Å²) in [5.41, 5.74) is 0.697. The predicted octanol–water partition coefficient (Wildman–Crippen LogP) is 0.438.